The van der Waals surface area contributed by atoms with Crippen LogP contribution in [0.2, 0.25) is 0 Å². The SMILES string of the molecule is CCc1c(C)nc2ncnn2c1N1CC(CN2CCOCC2)C1. The molecule has 2 aromatic heterocycles. The third kappa shape index (κ3) is 2.68. The van der Waals surface area contributed by atoms with Gasteiger partial charge in [0.2, 0.25) is 0 Å². The topological polar surface area (TPSA) is 58.8 Å². The molecule has 2 aliphatic rings. The molecule has 0 bridgehead atoms. The van der Waals surface area contributed by atoms with E-state index >= 15 is 0 Å². The predicted octanol–water partition coefficient (Wildman–Crippen LogP) is 0.764. The summed E-state index contributed by atoms with van der Waals surface area (Å²) in [6.07, 6.45) is 2.56. The first-order chi connectivity index (χ1) is 11.3. The van der Waals surface area contributed by atoms with Crippen molar-refractivity contribution in [3.63, 3.8) is 0 Å². The molecule has 23 heavy (non-hydrogen) atoms. The normalized spacial score (nSPS) is 20.2. The smallest absolute Gasteiger partial charge is 0.254 e. The van der Waals surface area contributed by atoms with Gasteiger partial charge in [-0.25, -0.2) is 4.98 Å². The number of hydrogen-bond acceptors (Lipinski definition) is 6. The summed E-state index contributed by atoms with van der Waals surface area (Å²) in [6.45, 7) is 11.5. The number of anilines is 1. The number of aryl methyl sites for hydroxylation is 1. The fourth-order valence-corrected chi connectivity index (χ4v) is 3.71. The standard InChI is InChI=1S/C16H24N6O/c1-3-14-12(2)19-16-17-11-18-22(16)15(14)21-9-13(10-21)8-20-4-6-23-7-5-20/h11,13H,3-10H2,1-2H3. The van der Waals surface area contributed by atoms with Crippen molar-refractivity contribution >= 4 is 11.6 Å². The van der Waals surface area contributed by atoms with Gasteiger partial charge in [0, 0.05) is 49.9 Å². The van der Waals surface area contributed by atoms with Crippen molar-refractivity contribution in [2.75, 3.05) is 50.8 Å². The number of rotatable bonds is 4. The van der Waals surface area contributed by atoms with Gasteiger partial charge in [-0.05, 0) is 13.3 Å². The molecule has 0 saturated carbocycles. The molecule has 0 radical (unpaired) electrons. The maximum absolute atomic E-state index is 5.43. The molecule has 2 aliphatic heterocycles. The van der Waals surface area contributed by atoms with E-state index in [1.807, 2.05) is 4.52 Å². The van der Waals surface area contributed by atoms with Crippen LogP contribution in [-0.2, 0) is 11.2 Å². The lowest BCUT2D eigenvalue weighted by molar-refractivity contribution is 0.0285. The van der Waals surface area contributed by atoms with E-state index in [1.165, 1.54) is 17.9 Å². The van der Waals surface area contributed by atoms with Gasteiger partial charge < -0.3 is 9.64 Å². The number of fused-ring (bicyclic) bond motifs is 1. The van der Waals surface area contributed by atoms with Gasteiger partial charge in [-0.3, -0.25) is 4.90 Å². The summed E-state index contributed by atoms with van der Waals surface area (Å²) in [7, 11) is 0. The molecule has 0 spiro atoms. The van der Waals surface area contributed by atoms with Crippen LogP contribution < -0.4 is 4.90 Å². The molecular formula is C16H24N6O. The zero-order valence-corrected chi connectivity index (χ0v) is 13.9. The van der Waals surface area contributed by atoms with Crippen molar-refractivity contribution in [2.45, 2.75) is 20.3 Å². The van der Waals surface area contributed by atoms with E-state index in [1.54, 1.807) is 6.33 Å². The van der Waals surface area contributed by atoms with E-state index in [4.69, 9.17) is 4.74 Å². The summed E-state index contributed by atoms with van der Waals surface area (Å²) in [6, 6.07) is 0. The first-order valence-corrected chi connectivity index (χ1v) is 8.50. The third-order valence-corrected chi connectivity index (χ3v) is 4.94. The van der Waals surface area contributed by atoms with Crippen LogP contribution in [0.15, 0.2) is 6.33 Å². The van der Waals surface area contributed by atoms with Gasteiger partial charge >= 0.3 is 0 Å². The van der Waals surface area contributed by atoms with Crippen LogP contribution in [0.5, 0.6) is 0 Å². The molecule has 0 N–H and O–H groups in total. The molecule has 0 unspecified atom stereocenters. The van der Waals surface area contributed by atoms with Crippen LogP contribution >= 0.6 is 0 Å². The number of hydrogen-bond donors (Lipinski definition) is 0. The highest BCUT2D eigenvalue weighted by Crippen LogP contribution is 2.30. The molecule has 0 aliphatic carbocycles. The lowest BCUT2D eigenvalue weighted by atomic mass is 9.98. The van der Waals surface area contributed by atoms with Crippen LogP contribution in [0.25, 0.3) is 5.78 Å². The Bertz CT molecular complexity index is 687. The van der Waals surface area contributed by atoms with Crippen molar-refractivity contribution in [1.82, 2.24) is 24.5 Å². The van der Waals surface area contributed by atoms with E-state index in [0.29, 0.717) is 5.78 Å². The number of ether oxygens (including phenoxy) is 1. The fourth-order valence-electron chi connectivity index (χ4n) is 3.71. The van der Waals surface area contributed by atoms with Crippen LogP contribution in [0.4, 0.5) is 5.82 Å². The van der Waals surface area contributed by atoms with Crippen molar-refractivity contribution in [3.05, 3.63) is 17.6 Å². The first kappa shape index (κ1) is 14.8. The first-order valence-electron chi connectivity index (χ1n) is 8.50. The minimum Gasteiger partial charge on any atom is -0.379 e. The average molecular weight is 316 g/mol. The fraction of sp³-hybridized carbons (Fsp3) is 0.688. The summed E-state index contributed by atoms with van der Waals surface area (Å²) in [5, 5.41) is 4.39. The molecule has 2 fully saturated rings. The summed E-state index contributed by atoms with van der Waals surface area (Å²) in [4.78, 5) is 13.8. The molecule has 4 rings (SSSR count). The minimum atomic E-state index is 0.700. The molecule has 4 heterocycles. The highest BCUT2D eigenvalue weighted by Gasteiger charge is 2.32. The maximum Gasteiger partial charge on any atom is 0.254 e. The monoisotopic (exact) mass is 316 g/mol. The Kier molecular flexibility index (Phi) is 3.90. The highest BCUT2D eigenvalue weighted by molar-refractivity contribution is 5.56. The second-order valence-corrected chi connectivity index (χ2v) is 6.51. The van der Waals surface area contributed by atoms with Crippen molar-refractivity contribution < 1.29 is 4.74 Å². The van der Waals surface area contributed by atoms with Crippen LogP contribution in [-0.4, -0.2) is 70.4 Å². The van der Waals surface area contributed by atoms with E-state index in [9.17, 15) is 0 Å². The minimum absolute atomic E-state index is 0.700. The number of nitrogens with zero attached hydrogens (tertiary/aromatic N) is 6. The van der Waals surface area contributed by atoms with E-state index < -0.39 is 0 Å². The van der Waals surface area contributed by atoms with Gasteiger partial charge in [-0.1, -0.05) is 6.92 Å². The van der Waals surface area contributed by atoms with Crippen LogP contribution in [0, 0.1) is 12.8 Å². The predicted molar refractivity (Wildman–Crippen MR) is 87.9 cm³/mol. The highest BCUT2D eigenvalue weighted by atomic mass is 16.5. The van der Waals surface area contributed by atoms with E-state index in [0.717, 1.165) is 57.4 Å². The summed E-state index contributed by atoms with van der Waals surface area (Å²) < 4.78 is 7.33. The van der Waals surface area contributed by atoms with Crippen LogP contribution in [0.1, 0.15) is 18.2 Å². The van der Waals surface area contributed by atoms with Gasteiger partial charge in [0.05, 0.1) is 13.2 Å². The zero-order valence-electron chi connectivity index (χ0n) is 13.9. The molecule has 0 atom stereocenters. The third-order valence-electron chi connectivity index (χ3n) is 4.94. The molecule has 124 valence electrons. The van der Waals surface area contributed by atoms with E-state index in [-0.39, 0.29) is 0 Å². The average Bonchev–Trinajstić information content (AvgIpc) is 2.98. The van der Waals surface area contributed by atoms with Gasteiger partial charge in [0.15, 0.2) is 0 Å². The Balaban J connectivity index is 1.51. The zero-order chi connectivity index (χ0) is 15.8. The van der Waals surface area contributed by atoms with Crippen molar-refractivity contribution in [1.29, 1.82) is 0 Å². The van der Waals surface area contributed by atoms with Crippen LogP contribution in [0.3, 0.4) is 0 Å². The van der Waals surface area contributed by atoms with Crippen molar-refractivity contribution in [3.8, 4) is 0 Å². The summed E-state index contributed by atoms with van der Waals surface area (Å²) in [5.41, 5.74) is 2.35. The Morgan fingerprint density at radius 1 is 1.26 bits per heavy atom. The van der Waals surface area contributed by atoms with Gasteiger partial charge in [0.1, 0.15) is 12.1 Å². The van der Waals surface area contributed by atoms with Gasteiger partial charge in [-0.2, -0.15) is 14.6 Å². The molecule has 0 aromatic carbocycles. The number of morpholine rings is 1. The molecule has 2 aromatic rings. The molecule has 7 heteroatoms. The molecule has 0 amide bonds. The second-order valence-electron chi connectivity index (χ2n) is 6.51. The maximum atomic E-state index is 5.43. The quantitative estimate of drug-likeness (QED) is 0.830. The Labute approximate surface area is 136 Å². The molecular weight excluding hydrogens is 292 g/mol. The molecule has 2 saturated heterocycles. The second kappa shape index (κ2) is 6.05. The number of aromatic nitrogens is 4. The van der Waals surface area contributed by atoms with Gasteiger partial charge in [-0.15, -0.1) is 0 Å². The Hall–Kier alpha value is -1.73. The van der Waals surface area contributed by atoms with E-state index in [2.05, 4.69) is 38.7 Å². The largest absolute Gasteiger partial charge is 0.379 e. The lowest BCUT2D eigenvalue weighted by Gasteiger charge is -2.44. The Morgan fingerprint density at radius 2 is 2.04 bits per heavy atom. The Morgan fingerprint density at radius 3 is 2.78 bits per heavy atom. The summed E-state index contributed by atoms with van der Waals surface area (Å²) >= 11 is 0. The summed E-state index contributed by atoms with van der Waals surface area (Å²) in [5.74, 6) is 2.61. The lowest BCUT2D eigenvalue weighted by Crippen LogP contribution is -2.54. The molecule has 7 nitrogen and oxygen atoms in total. The van der Waals surface area contributed by atoms with Crippen molar-refractivity contribution in [2.24, 2.45) is 5.92 Å². The van der Waals surface area contributed by atoms with Gasteiger partial charge in [0.25, 0.3) is 5.78 Å².